The van der Waals surface area contributed by atoms with Crippen molar-refractivity contribution in [1.82, 2.24) is 9.78 Å². The maximum absolute atomic E-state index is 4.39. The second kappa shape index (κ2) is 4.39. The number of aromatic nitrogens is 2. The highest BCUT2D eigenvalue weighted by molar-refractivity contribution is 5.64. The molecule has 0 aliphatic carbocycles. The number of benzene rings is 1. The van der Waals surface area contributed by atoms with Crippen LogP contribution in [0.15, 0.2) is 36.5 Å². The normalized spacial score (nSPS) is 10.8. The molecule has 1 heterocycles. The summed E-state index contributed by atoms with van der Waals surface area (Å²) in [6, 6.07) is 10.8. The van der Waals surface area contributed by atoms with E-state index in [1.165, 1.54) is 0 Å². The molecule has 0 aliphatic heterocycles. The van der Waals surface area contributed by atoms with Crippen molar-refractivity contribution in [2.75, 3.05) is 5.32 Å². The summed E-state index contributed by atoms with van der Waals surface area (Å²) in [5, 5.41) is 7.78. The number of nitrogens with zero attached hydrogens (tertiary/aromatic N) is 2. The van der Waals surface area contributed by atoms with E-state index in [-0.39, 0.29) is 0 Å². The molecule has 3 heteroatoms. The van der Waals surface area contributed by atoms with Crippen LogP contribution in [0.25, 0.3) is 11.3 Å². The Bertz CT molecular complexity index is 472. The zero-order chi connectivity index (χ0) is 11.5. The number of hydrogen-bond acceptors (Lipinski definition) is 2. The van der Waals surface area contributed by atoms with E-state index < -0.39 is 0 Å². The third kappa shape index (κ3) is 2.42. The molecule has 1 aromatic carbocycles. The minimum Gasteiger partial charge on any atom is -0.383 e. The summed E-state index contributed by atoms with van der Waals surface area (Å²) in [5.41, 5.74) is 3.29. The fourth-order valence-corrected chi connectivity index (χ4v) is 1.67. The molecule has 0 bridgehead atoms. The molecule has 0 aliphatic rings. The summed E-state index contributed by atoms with van der Waals surface area (Å²) in [5.74, 6) is 0. The van der Waals surface area contributed by atoms with Crippen LogP contribution in [0, 0.1) is 0 Å². The summed E-state index contributed by atoms with van der Waals surface area (Å²) in [4.78, 5) is 0. The van der Waals surface area contributed by atoms with E-state index in [2.05, 4.69) is 48.5 Å². The Morgan fingerprint density at radius 3 is 2.69 bits per heavy atom. The van der Waals surface area contributed by atoms with Crippen molar-refractivity contribution in [3.05, 3.63) is 36.5 Å². The Labute approximate surface area is 96.1 Å². The van der Waals surface area contributed by atoms with Gasteiger partial charge in [0.2, 0.25) is 0 Å². The van der Waals surface area contributed by atoms with E-state index in [9.17, 15) is 0 Å². The molecule has 1 aromatic heterocycles. The highest BCUT2D eigenvalue weighted by atomic mass is 15.2. The number of rotatable bonds is 3. The van der Waals surface area contributed by atoms with Gasteiger partial charge in [-0.15, -0.1) is 0 Å². The predicted molar refractivity (Wildman–Crippen MR) is 67.4 cm³/mol. The van der Waals surface area contributed by atoms with Crippen LogP contribution >= 0.6 is 0 Å². The predicted octanol–water partition coefficient (Wildman–Crippen LogP) is 2.91. The van der Waals surface area contributed by atoms with E-state index in [0.29, 0.717) is 6.04 Å². The average Bonchev–Trinajstić information content (AvgIpc) is 2.64. The quantitative estimate of drug-likeness (QED) is 0.853. The average molecular weight is 215 g/mol. The molecule has 84 valence electrons. The van der Waals surface area contributed by atoms with E-state index in [1.54, 1.807) is 0 Å². The topological polar surface area (TPSA) is 29.9 Å². The lowest BCUT2D eigenvalue weighted by molar-refractivity contribution is 0.771. The SMILES string of the molecule is CC(C)Nc1cccc(-c2ccn(C)n2)c1. The van der Waals surface area contributed by atoms with Gasteiger partial charge in [-0.3, -0.25) is 4.68 Å². The Morgan fingerprint density at radius 1 is 1.25 bits per heavy atom. The van der Waals surface area contributed by atoms with Gasteiger partial charge in [0.15, 0.2) is 0 Å². The Morgan fingerprint density at radius 2 is 2.06 bits per heavy atom. The molecule has 1 N–H and O–H groups in total. The molecule has 16 heavy (non-hydrogen) atoms. The van der Waals surface area contributed by atoms with Gasteiger partial charge in [-0.25, -0.2) is 0 Å². The van der Waals surface area contributed by atoms with Crippen LogP contribution < -0.4 is 5.32 Å². The summed E-state index contributed by atoms with van der Waals surface area (Å²) < 4.78 is 1.82. The number of nitrogens with one attached hydrogen (secondary N) is 1. The molecule has 0 atom stereocenters. The van der Waals surface area contributed by atoms with Gasteiger partial charge in [-0.1, -0.05) is 12.1 Å². The van der Waals surface area contributed by atoms with Crippen LogP contribution in [0.2, 0.25) is 0 Å². The molecule has 0 spiro atoms. The molecule has 0 amide bonds. The van der Waals surface area contributed by atoms with Gasteiger partial charge < -0.3 is 5.32 Å². The number of hydrogen-bond donors (Lipinski definition) is 1. The zero-order valence-electron chi connectivity index (χ0n) is 9.94. The molecule has 0 radical (unpaired) electrons. The molecule has 2 rings (SSSR count). The molecular weight excluding hydrogens is 198 g/mol. The van der Waals surface area contributed by atoms with E-state index in [0.717, 1.165) is 16.9 Å². The lowest BCUT2D eigenvalue weighted by Crippen LogP contribution is -2.09. The monoisotopic (exact) mass is 215 g/mol. The van der Waals surface area contributed by atoms with Gasteiger partial charge in [0.1, 0.15) is 0 Å². The van der Waals surface area contributed by atoms with Crippen molar-refractivity contribution in [1.29, 1.82) is 0 Å². The molecule has 0 unspecified atom stereocenters. The third-order valence-corrected chi connectivity index (χ3v) is 2.33. The van der Waals surface area contributed by atoms with Crippen LogP contribution in [0.1, 0.15) is 13.8 Å². The summed E-state index contributed by atoms with van der Waals surface area (Å²) in [7, 11) is 1.93. The van der Waals surface area contributed by atoms with Gasteiger partial charge in [-0.2, -0.15) is 5.10 Å². The van der Waals surface area contributed by atoms with Gasteiger partial charge in [0, 0.05) is 30.5 Å². The summed E-state index contributed by atoms with van der Waals surface area (Å²) >= 11 is 0. The summed E-state index contributed by atoms with van der Waals surface area (Å²) in [6.07, 6.45) is 1.96. The first kappa shape index (κ1) is 10.7. The van der Waals surface area contributed by atoms with Crippen molar-refractivity contribution < 1.29 is 0 Å². The molecule has 3 nitrogen and oxygen atoms in total. The Hall–Kier alpha value is -1.77. The largest absolute Gasteiger partial charge is 0.383 e. The van der Waals surface area contributed by atoms with Gasteiger partial charge in [-0.05, 0) is 32.0 Å². The Balaban J connectivity index is 2.28. The third-order valence-electron chi connectivity index (χ3n) is 2.33. The maximum atomic E-state index is 4.39. The van der Waals surface area contributed by atoms with Crippen molar-refractivity contribution in [2.45, 2.75) is 19.9 Å². The van der Waals surface area contributed by atoms with Gasteiger partial charge in [0.05, 0.1) is 5.69 Å². The lowest BCUT2D eigenvalue weighted by Gasteiger charge is -2.10. The van der Waals surface area contributed by atoms with Crippen LogP contribution in [0.3, 0.4) is 0 Å². The fraction of sp³-hybridized carbons (Fsp3) is 0.308. The van der Waals surface area contributed by atoms with Crippen LogP contribution in [0.4, 0.5) is 5.69 Å². The standard InChI is InChI=1S/C13H17N3/c1-10(2)14-12-6-4-5-11(9-12)13-7-8-16(3)15-13/h4-10,14H,1-3H3. The fourth-order valence-electron chi connectivity index (χ4n) is 1.67. The molecule has 0 fully saturated rings. The zero-order valence-corrected chi connectivity index (χ0v) is 9.94. The minimum atomic E-state index is 0.444. The molecule has 0 saturated heterocycles. The van der Waals surface area contributed by atoms with Crippen molar-refractivity contribution in [3.63, 3.8) is 0 Å². The van der Waals surface area contributed by atoms with Gasteiger partial charge in [0.25, 0.3) is 0 Å². The van der Waals surface area contributed by atoms with Crippen LogP contribution in [0.5, 0.6) is 0 Å². The van der Waals surface area contributed by atoms with Gasteiger partial charge >= 0.3 is 0 Å². The first-order chi connectivity index (χ1) is 7.65. The van der Waals surface area contributed by atoms with E-state index >= 15 is 0 Å². The molecule has 2 aromatic rings. The van der Waals surface area contributed by atoms with Crippen molar-refractivity contribution in [3.8, 4) is 11.3 Å². The highest BCUT2D eigenvalue weighted by Gasteiger charge is 2.02. The minimum absolute atomic E-state index is 0.444. The lowest BCUT2D eigenvalue weighted by atomic mass is 10.1. The molecule has 0 saturated carbocycles. The van der Waals surface area contributed by atoms with Crippen LogP contribution in [-0.2, 0) is 7.05 Å². The maximum Gasteiger partial charge on any atom is 0.0923 e. The number of anilines is 1. The Kier molecular flexibility index (Phi) is 2.95. The molecular formula is C13H17N3. The summed E-state index contributed by atoms with van der Waals surface area (Å²) in [6.45, 7) is 4.26. The second-order valence-corrected chi connectivity index (χ2v) is 4.25. The second-order valence-electron chi connectivity index (χ2n) is 4.25. The first-order valence-electron chi connectivity index (χ1n) is 5.52. The highest BCUT2D eigenvalue weighted by Crippen LogP contribution is 2.21. The van der Waals surface area contributed by atoms with Crippen molar-refractivity contribution >= 4 is 5.69 Å². The first-order valence-corrected chi connectivity index (χ1v) is 5.52. The number of aryl methyl sites for hydroxylation is 1. The van der Waals surface area contributed by atoms with Crippen LogP contribution in [-0.4, -0.2) is 15.8 Å². The van der Waals surface area contributed by atoms with Crippen molar-refractivity contribution in [2.24, 2.45) is 7.05 Å². The smallest absolute Gasteiger partial charge is 0.0923 e. The van der Waals surface area contributed by atoms with E-state index in [4.69, 9.17) is 0 Å². The van der Waals surface area contributed by atoms with E-state index in [1.807, 2.05) is 24.0 Å².